The van der Waals surface area contributed by atoms with Crippen LogP contribution in [0.25, 0.3) is 10.9 Å². The van der Waals surface area contributed by atoms with Crippen LogP contribution in [-0.4, -0.2) is 47.6 Å². The number of aromatic nitrogens is 1. The van der Waals surface area contributed by atoms with Crippen LogP contribution >= 0.6 is 0 Å². The van der Waals surface area contributed by atoms with Crippen molar-refractivity contribution in [2.45, 2.75) is 57.8 Å². The predicted octanol–water partition coefficient (Wildman–Crippen LogP) is 7.26. The molecule has 300 valence electrons. The van der Waals surface area contributed by atoms with E-state index in [1.54, 1.807) is 12.6 Å². The Kier molecular flexibility index (Phi) is 14.9. The molecule has 3 amide bonds. The van der Waals surface area contributed by atoms with Gasteiger partial charge >= 0.3 is 0 Å². The second kappa shape index (κ2) is 21.1. The lowest BCUT2D eigenvalue weighted by Gasteiger charge is -2.22. The number of hydroxylamine groups is 1. The number of carbonyl (C=O) groups is 3. The Hall–Kier alpha value is -6.59. The summed E-state index contributed by atoms with van der Waals surface area (Å²) in [6.45, 7) is 1.04. The summed E-state index contributed by atoms with van der Waals surface area (Å²) in [6.07, 6.45) is 3.98. The van der Waals surface area contributed by atoms with E-state index in [9.17, 15) is 19.6 Å². The molecule has 0 aliphatic rings. The second-order valence-electron chi connectivity index (χ2n) is 14.2. The summed E-state index contributed by atoms with van der Waals surface area (Å²) in [7, 11) is 1.61. The lowest BCUT2D eigenvalue weighted by molar-refractivity contribution is -0.136. The minimum Gasteiger partial charge on any atom is -0.497 e. The molecule has 0 saturated carbocycles. The van der Waals surface area contributed by atoms with Crippen molar-refractivity contribution in [3.63, 3.8) is 0 Å². The van der Waals surface area contributed by atoms with Crippen molar-refractivity contribution in [1.82, 2.24) is 21.1 Å². The monoisotopic (exact) mass is 782 g/mol. The average Bonchev–Trinajstić information content (AvgIpc) is 3.67. The Bertz CT molecular complexity index is 2230. The number of para-hydroxylation sites is 1. The minimum atomic E-state index is -0.938. The number of ether oxygens (including phenoxy) is 3. The predicted molar refractivity (Wildman–Crippen MR) is 223 cm³/mol. The topological polar surface area (TPSA) is 151 Å². The quantitative estimate of drug-likeness (QED) is 0.0381. The largest absolute Gasteiger partial charge is 0.497 e. The number of rotatable bonds is 21. The van der Waals surface area contributed by atoms with E-state index in [0.29, 0.717) is 56.9 Å². The van der Waals surface area contributed by atoms with Crippen LogP contribution in [0.5, 0.6) is 17.2 Å². The van der Waals surface area contributed by atoms with Crippen LogP contribution in [0.3, 0.4) is 0 Å². The second-order valence-corrected chi connectivity index (χ2v) is 14.2. The molecule has 0 spiro atoms. The molecule has 0 bridgehead atoms. The molecule has 58 heavy (non-hydrogen) atoms. The van der Waals surface area contributed by atoms with E-state index in [0.717, 1.165) is 44.5 Å². The number of hydrogen-bond acceptors (Lipinski definition) is 7. The normalized spacial score (nSPS) is 12.0. The molecule has 5 aromatic carbocycles. The van der Waals surface area contributed by atoms with Crippen LogP contribution in [0, 0.1) is 5.92 Å². The molecule has 0 unspecified atom stereocenters. The van der Waals surface area contributed by atoms with Crippen molar-refractivity contribution >= 4 is 28.6 Å². The highest BCUT2D eigenvalue weighted by molar-refractivity contribution is 5.91. The van der Waals surface area contributed by atoms with E-state index in [1.807, 2.05) is 134 Å². The summed E-state index contributed by atoms with van der Waals surface area (Å²) in [4.78, 5) is 43.5. The fourth-order valence-electron chi connectivity index (χ4n) is 6.82. The number of amides is 3. The summed E-state index contributed by atoms with van der Waals surface area (Å²) in [5.41, 5.74) is 7.49. The number of aryl methyl sites for hydroxylation is 1. The highest BCUT2D eigenvalue weighted by Crippen LogP contribution is 2.30. The van der Waals surface area contributed by atoms with Gasteiger partial charge in [-0.2, -0.15) is 0 Å². The van der Waals surface area contributed by atoms with Gasteiger partial charge in [0.2, 0.25) is 17.7 Å². The Balaban J connectivity index is 1.14. The van der Waals surface area contributed by atoms with E-state index in [-0.39, 0.29) is 18.7 Å². The third-order valence-corrected chi connectivity index (χ3v) is 10.0. The molecular formula is C47H50N4O7. The van der Waals surface area contributed by atoms with Crippen molar-refractivity contribution in [2.75, 3.05) is 13.7 Å². The van der Waals surface area contributed by atoms with Crippen LogP contribution in [0.4, 0.5) is 0 Å². The molecule has 0 radical (unpaired) electrons. The first kappa shape index (κ1) is 41.1. The zero-order valence-electron chi connectivity index (χ0n) is 32.6. The van der Waals surface area contributed by atoms with Crippen molar-refractivity contribution in [2.24, 2.45) is 5.92 Å². The molecule has 0 fully saturated rings. The molecule has 6 rings (SSSR count). The standard InChI is InChI=1S/C47H50N4O7/c1-56-39-22-19-33(20-23-39)15-10-16-37(29-45(52)51-55)46(53)50-42(28-38-30-49-41-18-9-8-17-40(38)41)47(54)48-26-25-34-21-24-43(57-31-35-11-4-2-5-12-35)44(27-34)58-32-36-13-6-3-7-14-36/h2-9,11-14,17-24,27,30,37,42,49,55H,10,15-16,25-26,28-29,31-32H2,1H3,(H,48,54)(H,50,53)(H,51,52)/t37-,42+/m1/s1. The van der Waals surface area contributed by atoms with Gasteiger partial charge in [0.1, 0.15) is 25.0 Å². The van der Waals surface area contributed by atoms with Gasteiger partial charge in [-0.1, -0.05) is 97.1 Å². The third kappa shape index (κ3) is 12.0. The Morgan fingerprint density at radius 3 is 2.05 bits per heavy atom. The number of benzene rings is 5. The maximum Gasteiger partial charge on any atom is 0.244 e. The fourth-order valence-corrected chi connectivity index (χ4v) is 6.82. The zero-order valence-corrected chi connectivity index (χ0v) is 32.6. The highest BCUT2D eigenvalue weighted by Gasteiger charge is 2.28. The van der Waals surface area contributed by atoms with Gasteiger partial charge in [-0.15, -0.1) is 0 Å². The highest BCUT2D eigenvalue weighted by atomic mass is 16.5. The maximum atomic E-state index is 14.0. The van der Waals surface area contributed by atoms with Crippen LogP contribution in [0.15, 0.2) is 134 Å². The van der Waals surface area contributed by atoms with Gasteiger partial charge in [-0.25, -0.2) is 5.48 Å². The van der Waals surface area contributed by atoms with Crippen LogP contribution in [0.1, 0.15) is 47.1 Å². The number of hydrogen-bond donors (Lipinski definition) is 5. The molecule has 0 saturated heterocycles. The molecule has 0 aliphatic heterocycles. The SMILES string of the molecule is COc1ccc(CCC[C@H](CC(=O)NO)C(=O)N[C@@H](Cc2c[nH]c3ccccc23)C(=O)NCCc2ccc(OCc3ccccc3)c(OCc3ccccc3)c2)cc1. The molecular weight excluding hydrogens is 733 g/mol. The summed E-state index contributed by atoms with van der Waals surface area (Å²) in [6, 6.07) is 40.1. The Morgan fingerprint density at radius 1 is 0.707 bits per heavy atom. The van der Waals surface area contributed by atoms with Crippen molar-refractivity contribution < 1.29 is 33.8 Å². The van der Waals surface area contributed by atoms with Gasteiger partial charge in [0.15, 0.2) is 11.5 Å². The number of H-pyrrole nitrogens is 1. The first-order chi connectivity index (χ1) is 28.4. The lowest BCUT2D eigenvalue weighted by Crippen LogP contribution is -2.50. The van der Waals surface area contributed by atoms with Gasteiger partial charge in [0.05, 0.1) is 7.11 Å². The number of aromatic amines is 1. The molecule has 5 N–H and O–H groups in total. The molecule has 2 atom stereocenters. The number of fused-ring (bicyclic) bond motifs is 1. The molecule has 6 aromatic rings. The number of methoxy groups -OCH3 is 1. The smallest absolute Gasteiger partial charge is 0.244 e. The van der Waals surface area contributed by atoms with Crippen LogP contribution in [0.2, 0.25) is 0 Å². The molecule has 0 aliphatic carbocycles. The van der Waals surface area contributed by atoms with Crippen LogP contribution < -0.4 is 30.3 Å². The summed E-state index contributed by atoms with van der Waals surface area (Å²) >= 11 is 0. The zero-order chi connectivity index (χ0) is 40.5. The molecule has 1 heterocycles. The molecule has 11 heteroatoms. The Labute approximate surface area is 338 Å². The van der Waals surface area contributed by atoms with Crippen molar-refractivity contribution in [3.05, 3.63) is 161 Å². The average molecular weight is 783 g/mol. The molecule has 11 nitrogen and oxygen atoms in total. The summed E-state index contributed by atoms with van der Waals surface area (Å²) < 4.78 is 17.7. The van der Waals surface area contributed by atoms with E-state index in [4.69, 9.17) is 14.2 Å². The fraction of sp³-hybridized carbons (Fsp3) is 0.255. The van der Waals surface area contributed by atoms with Gasteiger partial charge in [0, 0.05) is 42.4 Å². The first-order valence-electron chi connectivity index (χ1n) is 19.5. The third-order valence-electron chi connectivity index (χ3n) is 10.0. The summed E-state index contributed by atoms with van der Waals surface area (Å²) in [5.74, 6) is -0.290. The minimum absolute atomic E-state index is 0.220. The van der Waals surface area contributed by atoms with Crippen molar-refractivity contribution in [1.29, 1.82) is 0 Å². The lowest BCUT2D eigenvalue weighted by atomic mass is 9.94. The van der Waals surface area contributed by atoms with E-state index in [2.05, 4.69) is 15.6 Å². The van der Waals surface area contributed by atoms with Gasteiger partial charge < -0.3 is 29.8 Å². The number of carbonyl (C=O) groups excluding carboxylic acids is 3. The first-order valence-corrected chi connectivity index (χ1v) is 19.5. The Morgan fingerprint density at radius 2 is 1.36 bits per heavy atom. The van der Waals surface area contributed by atoms with Gasteiger partial charge in [0.25, 0.3) is 0 Å². The van der Waals surface area contributed by atoms with Gasteiger partial charge in [-0.05, 0) is 83.8 Å². The van der Waals surface area contributed by atoms with E-state index < -0.39 is 23.8 Å². The van der Waals surface area contributed by atoms with Crippen molar-refractivity contribution in [3.8, 4) is 17.2 Å². The van der Waals surface area contributed by atoms with E-state index >= 15 is 0 Å². The maximum absolute atomic E-state index is 14.0. The van der Waals surface area contributed by atoms with Crippen LogP contribution in [-0.2, 0) is 46.9 Å². The summed E-state index contributed by atoms with van der Waals surface area (Å²) in [5, 5.41) is 16.3. The number of nitrogens with one attached hydrogen (secondary N) is 4. The van der Waals surface area contributed by atoms with E-state index in [1.165, 1.54) is 0 Å². The van der Waals surface area contributed by atoms with Gasteiger partial charge in [-0.3, -0.25) is 19.6 Å². The molecule has 1 aromatic heterocycles.